The van der Waals surface area contributed by atoms with Crippen molar-refractivity contribution in [1.29, 1.82) is 0 Å². The first-order valence-electron chi connectivity index (χ1n) is 7.10. The molecule has 0 spiro atoms. The largest absolute Gasteiger partial charge is 0.374 e. The number of hydrogen-bond donors (Lipinski definition) is 1. The highest BCUT2D eigenvalue weighted by atomic mass is 16.5. The fourth-order valence-corrected chi connectivity index (χ4v) is 3.05. The summed E-state index contributed by atoms with van der Waals surface area (Å²) in [5.74, 6) is 0.733. The molecule has 3 atom stereocenters. The second kappa shape index (κ2) is 6.55. The van der Waals surface area contributed by atoms with E-state index in [1.807, 2.05) is 0 Å². The van der Waals surface area contributed by atoms with Gasteiger partial charge in [-0.3, -0.25) is 0 Å². The molecule has 100 valence electrons. The molecule has 0 amide bonds. The third kappa shape index (κ3) is 3.82. The Kier molecular flexibility index (Phi) is 5.68. The fraction of sp³-hybridized carbons (Fsp3) is 0.867. The summed E-state index contributed by atoms with van der Waals surface area (Å²) in [4.78, 5) is 0. The van der Waals surface area contributed by atoms with Crippen LogP contribution in [0, 0.1) is 5.92 Å². The number of ether oxygens (including phenoxy) is 1. The van der Waals surface area contributed by atoms with Crippen LogP contribution in [0.2, 0.25) is 0 Å². The lowest BCUT2D eigenvalue weighted by molar-refractivity contribution is -0.0925. The van der Waals surface area contributed by atoms with Crippen LogP contribution in [0.3, 0.4) is 0 Å². The minimum Gasteiger partial charge on any atom is -0.374 e. The Morgan fingerprint density at radius 2 is 2.24 bits per heavy atom. The summed E-state index contributed by atoms with van der Waals surface area (Å²) < 4.78 is 6.08. The molecule has 0 radical (unpaired) electrons. The molecule has 2 heteroatoms. The molecule has 3 unspecified atom stereocenters. The number of hydrogen-bond acceptors (Lipinski definition) is 2. The average molecular weight is 239 g/mol. The molecule has 1 saturated carbocycles. The van der Waals surface area contributed by atoms with Gasteiger partial charge in [-0.15, -0.1) is 0 Å². The molecular weight excluding hydrogens is 210 g/mol. The van der Waals surface area contributed by atoms with E-state index in [9.17, 15) is 0 Å². The van der Waals surface area contributed by atoms with Crippen LogP contribution in [0.15, 0.2) is 12.2 Å². The lowest BCUT2D eigenvalue weighted by Crippen LogP contribution is -2.52. The van der Waals surface area contributed by atoms with E-state index in [4.69, 9.17) is 10.5 Å². The third-order valence-corrected chi connectivity index (χ3v) is 4.11. The number of nitrogens with two attached hydrogens (primary N) is 1. The summed E-state index contributed by atoms with van der Waals surface area (Å²) in [6.07, 6.45) is 6.71. The van der Waals surface area contributed by atoms with Gasteiger partial charge in [0.2, 0.25) is 0 Å². The Balaban J connectivity index is 2.71. The molecule has 0 aromatic rings. The van der Waals surface area contributed by atoms with Crippen LogP contribution in [0.25, 0.3) is 0 Å². The van der Waals surface area contributed by atoms with Gasteiger partial charge in [0.25, 0.3) is 0 Å². The van der Waals surface area contributed by atoms with Gasteiger partial charge in [0, 0.05) is 12.6 Å². The summed E-state index contributed by atoms with van der Waals surface area (Å²) in [5, 5.41) is 0. The molecule has 2 N–H and O–H groups in total. The molecule has 2 nitrogen and oxygen atoms in total. The Hall–Kier alpha value is -0.340. The van der Waals surface area contributed by atoms with E-state index in [2.05, 4.69) is 27.4 Å². The molecule has 1 rings (SSSR count). The first-order chi connectivity index (χ1) is 8.04. The molecule has 0 bridgehead atoms. The maximum Gasteiger partial charge on any atom is 0.0838 e. The molecule has 0 aliphatic heterocycles. The van der Waals surface area contributed by atoms with Gasteiger partial charge >= 0.3 is 0 Å². The van der Waals surface area contributed by atoms with Crippen molar-refractivity contribution in [1.82, 2.24) is 0 Å². The Bertz CT molecular complexity index is 247. The van der Waals surface area contributed by atoms with Gasteiger partial charge in [0.1, 0.15) is 0 Å². The van der Waals surface area contributed by atoms with Crippen LogP contribution in [-0.4, -0.2) is 18.2 Å². The van der Waals surface area contributed by atoms with Crippen molar-refractivity contribution < 1.29 is 4.74 Å². The zero-order valence-electron chi connectivity index (χ0n) is 11.8. The molecule has 0 aromatic heterocycles. The molecule has 1 fully saturated rings. The lowest BCUT2D eigenvalue weighted by atomic mass is 9.73. The van der Waals surface area contributed by atoms with Crippen molar-refractivity contribution in [3.8, 4) is 0 Å². The predicted octanol–water partition coefficient (Wildman–Crippen LogP) is 3.66. The Morgan fingerprint density at radius 1 is 1.53 bits per heavy atom. The highest BCUT2D eigenvalue weighted by molar-refractivity contribution is 5.04. The van der Waals surface area contributed by atoms with E-state index in [-0.39, 0.29) is 11.6 Å². The van der Waals surface area contributed by atoms with Crippen LogP contribution in [0.1, 0.15) is 59.3 Å². The third-order valence-electron chi connectivity index (χ3n) is 4.11. The van der Waals surface area contributed by atoms with Gasteiger partial charge in [-0.05, 0) is 38.5 Å². The van der Waals surface area contributed by atoms with E-state index in [1.54, 1.807) is 0 Å². The van der Waals surface area contributed by atoms with E-state index >= 15 is 0 Å². The van der Waals surface area contributed by atoms with Crippen LogP contribution >= 0.6 is 0 Å². The van der Waals surface area contributed by atoms with Crippen LogP contribution in [-0.2, 0) is 4.74 Å². The van der Waals surface area contributed by atoms with E-state index < -0.39 is 0 Å². The maximum absolute atomic E-state index is 6.42. The molecule has 1 aliphatic rings. The van der Waals surface area contributed by atoms with Crippen molar-refractivity contribution in [3.05, 3.63) is 12.2 Å². The summed E-state index contributed by atoms with van der Waals surface area (Å²) in [7, 11) is 0. The van der Waals surface area contributed by atoms with Gasteiger partial charge in [-0.1, -0.05) is 38.8 Å². The maximum atomic E-state index is 6.42. The molecule has 1 aliphatic carbocycles. The minimum absolute atomic E-state index is 0.0927. The van der Waals surface area contributed by atoms with Crippen molar-refractivity contribution >= 4 is 0 Å². The Labute approximate surface area is 107 Å². The second-order valence-electron chi connectivity index (χ2n) is 5.61. The minimum atomic E-state index is -0.0927. The first-order valence-corrected chi connectivity index (χ1v) is 7.10. The monoisotopic (exact) mass is 239 g/mol. The fourth-order valence-electron chi connectivity index (χ4n) is 3.05. The SMILES string of the molecule is C=C(CC)CC(N)C1(OCC)CCCC(C)C1. The van der Waals surface area contributed by atoms with Crippen molar-refractivity contribution in [2.75, 3.05) is 6.61 Å². The normalized spacial score (nSPS) is 31.2. The zero-order valence-corrected chi connectivity index (χ0v) is 11.8. The molecule has 0 heterocycles. The molecule has 17 heavy (non-hydrogen) atoms. The topological polar surface area (TPSA) is 35.2 Å². The first kappa shape index (κ1) is 14.7. The van der Waals surface area contributed by atoms with Crippen molar-refractivity contribution in [2.24, 2.45) is 11.7 Å². The van der Waals surface area contributed by atoms with E-state index in [0.29, 0.717) is 0 Å². The molecule has 0 saturated heterocycles. The highest BCUT2D eigenvalue weighted by Gasteiger charge is 2.40. The van der Waals surface area contributed by atoms with Gasteiger partial charge in [-0.2, -0.15) is 0 Å². The standard InChI is InChI=1S/C15H29NO/c1-5-12(3)10-14(16)15(17-6-2)9-7-8-13(4)11-15/h13-14H,3,5-11,16H2,1-2,4H3. The quantitative estimate of drug-likeness (QED) is 0.718. The van der Waals surface area contributed by atoms with Crippen molar-refractivity contribution in [3.63, 3.8) is 0 Å². The van der Waals surface area contributed by atoms with Gasteiger partial charge in [0.05, 0.1) is 5.60 Å². The lowest BCUT2D eigenvalue weighted by Gasteiger charge is -2.44. The van der Waals surface area contributed by atoms with Gasteiger partial charge in [0.15, 0.2) is 0 Å². The van der Waals surface area contributed by atoms with Crippen LogP contribution in [0.5, 0.6) is 0 Å². The van der Waals surface area contributed by atoms with Crippen LogP contribution < -0.4 is 5.73 Å². The summed E-state index contributed by atoms with van der Waals surface area (Å²) >= 11 is 0. The zero-order chi connectivity index (χ0) is 12.9. The number of rotatable bonds is 6. The van der Waals surface area contributed by atoms with Crippen LogP contribution in [0.4, 0.5) is 0 Å². The summed E-state index contributed by atoms with van der Waals surface area (Å²) in [6.45, 7) is 11.4. The molecule has 0 aromatic carbocycles. The smallest absolute Gasteiger partial charge is 0.0838 e. The predicted molar refractivity (Wildman–Crippen MR) is 74.0 cm³/mol. The van der Waals surface area contributed by atoms with Gasteiger partial charge in [-0.25, -0.2) is 0 Å². The van der Waals surface area contributed by atoms with Gasteiger partial charge < -0.3 is 10.5 Å². The van der Waals surface area contributed by atoms with E-state index in [1.165, 1.54) is 18.4 Å². The Morgan fingerprint density at radius 3 is 2.76 bits per heavy atom. The van der Waals surface area contributed by atoms with E-state index in [0.717, 1.165) is 38.2 Å². The average Bonchev–Trinajstić information content (AvgIpc) is 2.29. The molecular formula is C15H29NO. The summed E-state index contributed by atoms with van der Waals surface area (Å²) in [6, 6.07) is 0.109. The second-order valence-corrected chi connectivity index (χ2v) is 5.61. The highest BCUT2D eigenvalue weighted by Crippen LogP contribution is 2.38. The summed E-state index contributed by atoms with van der Waals surface area (Å²) in [5.41, 5.74) is 7.57. The van der Waals surface area contributed by atoms with Crippen molar-refractivity contribution in [2.45, 2.75) is 70.9 Å².